The number of rotatable bonds is 4. The monoisotopic (exact) mass is 264 g/mol. The van der Waals surface area contributed by atoms with Crippen molar-refractivity contribution in [3.63, 3.8) is 0 Å². The maximum Gasteiger partial charge on any atom is 0.225 e. The molecule has 3 unspecified atom stereocenters. The average Bonchev–Trinajstić information content (AvgIpc) is 2.42. The molecule has 1 saturated heterocycles. The molecular formula is C14H24N4O. The van der Waals surface area contributed by atoms with Gasteiger partial charge in [-0.25, -0.2) is 9.97 Å². The first-order valence-corrected chi connectivity index (χ1v) is 7.05. The van der Waals surface area contributed by atoms with E-state index in [2.05, 4.69) is 35.6 Å². The molecule has 5 heteroatoms. The van der Waals surface area contributed by atoms with Crippen LogP contribution in [-0.4, -0.2) is 41.3 Å². The molecule has 0 radical (unpaired) electrons. The molecule has 3 atom stereocenters. The molecule has 0 aromatic carbocycles. The Morgan fingerprint density at radius 3 is 2.74 bits per heavy atom. The highest BCUT2D eigenvalue weighted by atomic mass is 16.5. The van der Waals surface area contributed by atoms with Gasteiger partial charge in [-0.2, -0.15) is 0 Å². The molecule has 1 aliphatic heterocycles. The van der Waals surface area contributed by atoms with Gasteiger partial charge in [-0.15, -0.1) is 0 Å². The zero-order valence-electron chi connectivity index (χ0n) is 12.0. The number of hydrogen-bond donors (Lipinski definition) is 1. The zero-order chi connectivity index (χ0) is 13.8. The Morgan fingerprint density at radius 1 is 1.42 bits per heavy atom. The number of ether oxygens (including phenoxy) is 1. The molecule has 1 aromatic heterocycles. The summed E-state index contributed by atoms with van der Waals surface area (Å²) in [5, 5.41) is 0. The highest BCUT2D eigenvalue weighted by molar-refractivity contribution is 5.32. The topological polar surface area (TPSA) is 64.3 Å². The van der Waals surface area contributed by atoms with Crippen molar-refractivity contribution in [2.75, 3.05) is 18.1 Å². The van der Waals surface area contributed by atoms with Crippen LogP contribution in [0.2, 0.25) is 0 Å². The van der Waals surface area contributed by atoms with Gasteiger partial charge in [-0.3, -0.25) is 0 Å². The molecule has 1 aromatic rings. The highest BCUT2D eigenvalue weighted by Gasteiger charge is 2.25. The van der Waals surface area contributed by atoms with Crippen molar-refractivity contribution < 1.29 is 4.74 Å². The number of nitrogens with zero attached hydrogens (tertiary/aromatic N) is 3. The SMILES string of the molecule is CCC(N)Cc1cnc(N2CC(C)OCC2C)nc1. The van der Waals surface area contributed by atoms with E-state index in [4.69, 9.17) is 10.5 Å². The second kappa shape index (κ2) is 6.30. The van der Waals surface area contributed by atoms with Crippen molar-refractivity contribution in [3.05, 3.63) is 18.0 Å². The predicted octanol–water partition coefficient (Wildman–Crippen LogP) is 1.37. The number of aromatic nitrogens is 2. The second-order valence-electron chi connectivity index (χ2n) is 5.41. The smallest absolute Gasteiger partial charge is 0.225 e. The molecule has 0 aliphatic carbocycles. The molecule has 2 N–H and O–H groups in total. The van der Waals surface area contributed by atoms with E-state index in [9.17, 15) is 0 Å². The van der Waals surface area contributed by atoms with E-state index in [1.165, 1.54) is 0 Å². The first kappa shape index (κ1) is 14.2. The van der Waals surface area contributed by atoms with E-state index in [0.29, 0.717) is 6.04 Å². The fourth-order valence-corrected chi connectivity index (χ4v) is 2.23. The minimum atomic E-state index is 0.191. The van der Waals surface area contributed by atoms with Crippen molar-refractivity contribution >= 4 is 5.95 Å². The van der Waals surface area contributed by atoms with Crippen LogP contribution in [0.25, 0.3) is 0 Å². The van der Waals surface area contributed by atoms with E-state index in [0.717, 1.165) is 37.5 Å². The average molecular weight is 264 g/mol. The molecule has 106 valence electrons. The van der Waals surface area contributed by atoms with Gasteiger partial charge in [0.25, 0.3) is 0 Å². The Morgan fingerprint density at radius 2 is 2.11 bits per heavy atom. The standard InChI is InChI=1S/C14H24N4O/c1-4-13(15)5-12-6-16-14(17-7-12)18-8-11(3)19-9-10(18)2/h6-7,10-11,13H,4-5,8-9,15H2,1-3H3. The Bertz CT molecular complexity index is 395. The van der Waals surface area contributed by atoms with E-state index >= 15 is 0 Å². The lowest BCUT2D eigenvalue weighted by atomic mass is 10.1. The van der Waals surface area contributed by atoms with Gasteiger partial charge < -0.3 is 15.4 Å². The summed E-state index contributed by atoms with van der Waals surface area (Å²) in [6, 6.07) is 0.511. The summed E-state index contributed by atoms with van der Waals surface area (Å²) in [5.74, 6) is 0.788. The lowest BCUT2D eigenvalue weighted by molar-refractivity contribution is 0.0337. The summed E-state index contributed by atoms with van der Waals surface area (Å²) in [6.07, 6.45) is 5.83. The summed E-state index contributed by atoms with van der Waals surface area (Å²) in [6.45, 7) is 7.88. The molecule has 0 bridgehead atoms. The van der Waals surface area contributed by atoms with Crippen LogP contribution < -0.4 is 10.6 Å². The summed E-state index contributed by atoms with van der Waals surface area (Å²) in [5.41, 5.74) is 7.05. The van der Waals surface area contributed by atoms with Gasteiger partial charge >= 0.3 is 0 Å². The predicted molar refractivity (Wildman–Crippen MR) is 76.2 cm³/mol. The van der Waals surface area contributed by atoms with E-state index in [-0.39, 0.29) is 12.1 Å². The summed E-state index contributed by atoms with van der Waals surface area (Å²) < 4.78 is 5.62. The molecule has 5 nitrogen and oxygen atoms in total. The normalized spacial score (nSPS) is 25.4. The summed E-state index contributed by atoms with van der Waals surface area (Å²) >= 11 is 0. The molecule has 1 fully saturated rings. The van der Waals surface area contributed by atoms with E-state index < -0.39 is 0 Å². The maximum absolute atomic E-state index is 5.94. The van der Waals surface area contributed by atoms with Gasteiger partial charge in [0.05, 0.1) is 18.8 Å². The van der Waals surface area contributed by atoms with Crippen molar-refractivity contribution in [2.24, 2.45) is 5.73 Å². The number of anilines is 1. The molecule has 0 saturated carbocycles. The lowest BCUT2D eigenvalue weighted by Gasteiger charge is -2.36. The molecule has 2 rings (SSSR count). The van der Waals surface area contributed by atoms with Crippen LogP contribution in [0, 0.1) is 0 Å². The number of nitrogens with two attached hydrogens (primary N) is 1. The lowest BCUT2D eigenvalue weighted by Crippen LogP contribution is -2.48. The van der Waals surface area contributed by atoms with Gasteiger partial charge in [0.2, 0.25) is 5.95 Å². The Hall–Kier alpha value is -1.20. The summed E-state index contributed by atoms with van der Waals surface area (Å²) in [7, 11) is 0. The fourth-order valence-electron chi connectivity index (χ4n) is 2.23. The van der Waals surface area contributed by atoms with Crippen LogP contribution in [0.5, 0.6) is 0 Å². The fraction of sp³-hybridized carbons (Fsp3) is 0.714. The molecule has 0 spiro atoms. The first-order valence-electron chi connectivity index (χ1n) is 7.05. The van der Waals surface area contributed by atoms with Gasteiger partial charge in [0.15, 0.2) is 0 Å². The second-order valence-corrected chi connectivity index (χ2v) is 5.41. The van der Waals surface area contributed by atoms with Crippen LogP contribution in [0.15, 0.2) is 12.4 Å². The van der Waals surface area contributed by atoms with Crippen LogP contribution in [0.1, 0.15) is 32.8 Å². The van der Waals surface area contributed by atoms with Gasteiger partial charge in [-0.1, -0.05) is 6.92 Å². The van der Waals surface area contributed by atoms with Gasteiger partial charge in [0, 0.05) is 25.0 Å². The van der Waals surface area contributed by atoms with E-state index in [1.54, 1.807) is 0 Å². The van der Waals surface area contributed by atoms with Crippen LogP contribution in [-0.2, 0) is 11.2 Å². The van der Waals surface area contributed by atoms with Crippen LogP contribution in [0.4, 0.5) is 5.95 Å². The highest BCUT2D eigenvalue weighted by Crippen LogP contribution is 2.17. The van der Waals surface area contributed by atoms with E-state index in [1.807, 2.05) is 12.4 Å². The third-order valence-corrected chi connectivity index (χ3v) is 3.58. The number of hydrogen-bond acceptors (Lipinski definition) is 5. The molecule has 19 heavy (non-hydrogen) atoms. The largest absolute Gasteiger partial charge is 0.375 e. The Kier molecular flexibility index (Phi) is 4.71. The van der Waals surface area contributed by atoms with Crippen LogP contribution >= 0.6 is 0 Å². The maximum atomic E-state index is 5.94. The molecule has 0 amide bonds. The van der Waals surface area contributed by atoms with Crippen molar-refractivity contribution in [2.45, 2.75) is 51.8 Å². The number of morpholine rings is 1. The van der Waals surface area contributed by atoms with Crippen LogP contribution in [0.3, 0.4) is 0 Å². The van der Waals surface area contributed by atoms with Crippen molar-refractivity contribution in [3.8, 4) is 0 Å². The van der Waals surface area contributed by atoms with Crippen molar-refractivity contribution in [1.29, 1.82) is 0 Å². The quantitative estimate of drug-likeness (QED) is 0.890. The Labute approximate surface area is 115 Å². The van der Waals surface area contributed by atoms with Crippen molar-refractivity contribution in [1.82, 2.24) is 9.97 Å². The minimum Gasteiger partial charge on any atom is -0.375 e. The first-order chi connectivity index (χ1) is 9.10. The zero-order valence-corrected chi connectivity index (χ0v) is 12.0. The third-order valence-electron chi connectivity index (χ3n) is 3.58. The summed E-state index contributed by atoms with van der Waals surface area (Å²) in [4.78, 5) is 11.2. The minimum absolute atomic E-state index is 0.191. The molecular weight excluding hydrogens is 240 g/mol. The molecule has 2 heterocycles. The Balaban J connectivity index is 2.04. The third kappa shape index (κ3) is 3.64. The molecule has 1 aliphatic rings. The van der Waals surface area contributed by atoms with Gasteiger partial charge in [0.1, 0.15) is 0 Å². The van der Waals surface area contributed by atoms with Gasteiger partial charge in [-0.05, 0) is 32.3 Å².